The van der Waals surface area contributed by atoms with E-state index in [1.807, 2.05) is 37.2 Å². The number of pyridine rings is 1. The number of nitrogens with one attached hydrogen (secondary N) is 4. The monoisotopic (exact) mass is 874 g/mol. The highest BCUT2D eigenvalue weighted by Gasteiger charge is 2.61. The number of ether oxygens (including phenoxy) is 2. The number of para-hydroxylation sites is 1. The summed E-state index contributed by atoms with van der Waals surface area (Å²) in [5.74, 6) is -2.09. The molecule has 62 heavy (non-hydrogen) atoms. The average molecular weight is 875 g/mol. The molecule has 5 atom stereocenters. The molecule has 2 aliphatic carbocycles. The molecule has 17 nitrogen and oxygen atoms in total. The third-order valence-electron chi connectivity index (χ3n) is 12.5. The first kappa shape index (κ1) is 44.4. The standard InChI is InChI=1S/C44H58N8O9S/c1-4-31-26-44(31)41(55)49-62(58,59)37-18-12-11-16-34(37)45-21-13-7-5-6-8-17-35(47-42(56)60-32-14-9-10-15-32)40(54)52-28-33(25-36(52)39(53)48-44)61-43(57)51-23-20-30(27-51)29-19-22-46-38(24-29)50(2)3/h4,11-12,16,18-20,22,24,31-33,35-36,45H,1,5-10,13-15,17,21,23,25-28H2,2-3H3,(H,47,56)(H,48,53)(H,49,55)/t31-,33-,35+,36+,44-/m1/s1. The number of anilines is 2. The Morgan fingerprint density at radius 1 is 0.984 bits per heavy atom. The van der Waals surface area contributed by atoms with Crippen LogP contribution in [-0.4, -0.2) is 123 Å². The second-order valence-corrected chi connectivity index (χ2v) is 18.7. The fourth-order valence-electron chi connectivity index (χ4n) is 8.83. The van der Waals surface area contributed by atoms with Crippen LogP contribution in [0.15, 0.2) is 66.2 Å². The van der Waals surface area contributed by atoms with Gasteiger partial charge in [0.1, 0.15) is 40.5 Å². The number of carbonyl (C=O) groups is 5. The molecule has 1 spiro atoms. The number of alkyl carbamates (subject to hydrolysis) is 1. The van der Waals surface area contributed by atoms with E-state index in [4.69, 9.17) is 9.47 Å². The summed E-state index contributed by atoms with van der Waals surface area (Å²) in [6, 6.07) is 7.81. The van der Waals surface area contributed by atoms with Gasteiger partial charge in [-0.25, -0.2) is 27.7 Å². The molecule has 7 rings (SSSR count). The molecular weight excluding hydrogens is 817 g/mol. The van der Waals surface area contributed by atoms with E-state index in [0.29, 0.717) is 18.7 Å². The molecule has 5 aliphatic rings. The second-order valence-electron chi connectivity index (χ2n) is 17.1. The van der Waals surface area contributed by atoms with Crippen molar-refractivity contribution < 1.29 is 41.9 Å². The number of sulfonamides is 1. The van der Waals surface area contributed by atoms with Crippen molar-refractivity contribution >= 4 is 57.0 Å². The molecule has 1 saturated heterocycles. The van der Waals surface area contributed by atoms with Crippen LogP contribution >= 0.6 is 0 Å². The molecule has 18 heteroatoms. The van der Waals surface area contributed by atoms with Gasteiger partial charge in [-0.3, -0.25) is 14.4 Å². The van der Waals surface area contributed by atoms with Crippen LogP contribution in [0.1, 0.15) is 82.6 Å². The first-order valence-corrected chi connectivity index (χ1v) is 23.2. The van der Waals surface area contributed by atoms with Gasteiger partial charge in [0, 0.05) is 52.3 Å². The average Bonchev–Trinajstić information content (AvgIpc) is 3.69. The molecule has 334 valence electrons. The second kappa shape index (κ2) is 19.2. The predicted molar refractivity (Wildman–Crippen MR) is 231 cm³/mol. The van der Waals surface area contributed by atoms with Gasteiger partial charge in [0.25, 0.3) is 15.9 Å². The van der Waals surface area contributed by atoms with Crippen molar-refractivity contribution in [3.8, 4) is 0 Å². The van der Waals surface area contributed by atoms with Crippen LogP contribution in [0.5, 0.6) is 0 Å². The van der Waals surface area contributed by atoms with Crippen molar-refractivity contribution in [3.63, 3.8) is 0 Å². The number of hydrogen-bond donors (Lipinski definition) is 4. The molecule has 1 aromatic carbocycles. The van der Waals surface area contributed by atoms with Crippen molar-refractivity contribution in [2.24, 2.45) is 5.92 Å². The van der Waals surface area contributed by atoms with Gasteiger partial charge in [0.05, 0.1) is 12.2 Å². The molecule has 4 N–H and O–H groups in total. The molecule has 0 radical (unpaired) electrons. The highest BCUT2D eigenvalue weighted by atomic mass is 32.2. The van der Waals surface area contributed by atoms with Gasteiger partial charge in [0.2, 0.25) is 11.8 Å². The first-order chi connectivity index (χ1) is 29.8. The summed E-state index contributed by atoms with van der Waals surface area (Å²) >= 11 is 0. The molecule has 2 aromatic rings. The Morgan fingerprint density at radius 3 is 2.48 bits per heavy atom. The Bertz CT molecular complexity index is 2180. The van der Waals surface area contributed by atoms with Gasteiger partial charge >= 0.3 is 12.2 Å². The molecule has 0 unspecified atom stereocenters. The number of rotatable bonds is 6. The maximum absolute atomic E-state index is 14.7. The summed E-state index contributed by atoms with van der Waals surface area (Å²) in [4.78, 5) is 79.2. The lowest BCUT2D eigenvalue weighted by molar-refractivity contribution is -0.141. The maximum Gasteiger partial charge on any atom is 0.410 e. The first-order valence-electron chi connectivity index (χ1n) is 21.7. The van der Waals surface area contributed by atoms with E-state index >= 15 is 0 Å². The lowest BCUT2D eigenvalue weighted by Gasteiger charge is -2.30. The van der Waals surface area contributed by atoms with Crippen LogP contribution < -0.4 is 25.6 Å². The highest BCUT2D eigenvalue weighted by molar-refractivity contribution is 7.90. The van der Waals surface area contributed by atoms with E-state index in [-0.39, 0.29) is 49.9 Å². The topological polar surface area (TPSA) is 209 Å². The van der Waals surface area contributed by atoms with Crippen LogP contribution in [0.3, 0.4) is 0 Å². The van der Waals surface area contributed by atoms with Gasteiger partial charge < -0.3 is 40.1 Å². The molecule has 1 aromatic heterocycles. The van der Waals surface area contributed by atoms with Gasteiger partial charge in [-0.05, 0) is 80.3 Å². The van der Waals surface area contributed by atoms with Crippen LogP contribution in [0.2, 0.25) is 0 Å². The van der Waals surface area contributed by atoms with Crippen molar-refractivity contribution in [2.75, 3.05) is 50.5 Å². The van der Waals surface area contributed by atoms with Crippen LogP contribution in [0.4, 0.5) is 21.1 Å². The number of aromatic nitrogens is 1. The number of hydrogen-bond acceptors (Lipinski definition) is 12. The van der Waals surface area contributed by atoms with Crippen LogP contribution in [0.25, 0.3) is 5.57 Å². The van der Waals surface area contributed by atoms with E-state index in [2.05, 4.69) is 32.2 Å². The molecule has 0 bridgehead atoms. The van der Waals surface area contributed by atoms with Gasteiger partial charge in [-0.15, -0.1) is 6.58 Å². The SMILES string of the molecule is C=C[C@@H]1C[C@@]12NC(=O)[C@@H]1C[C@@H](OC(=O)N3CC=C(c4ccnc(N(C)C)c4)C3)CN1C(=O)[C@@H](NC(=O)OC1CCCC1)CCCCCCCNc1ccccc1S(=O)(=O)NC2=O. The van der Waals surface area contributed by atoms with Crippen molar-refractivity contribution in [3.05, 3.63) is 66.9 Å². The molecular formula is C44H58N8O9S. The smallest absolute Gasteiger partial charge is 0.410 e. The van der Waals surface area contributed by atoms with E-state index in [1.54, 1.807) is 24.4 Å². The maximum atomic E-state index is 14.7. The van der Waals surface area contributed by atoms with Crippen LogP contribution in [0, 0.1) is 5.92 Å². The van der Waals surface area contributed by atoms with Crippen molar-refractivity contribution in [1.82, 2.24) is 30.1 Å². The number of amides is 5. The Kier molecular flexibility index (Phi) is 13.7. The Labute approximate surface area is 363 Å². The highest BCUT2D eigenvalue weighted by Crippen LogP contribution is 2.45. The quantitative estimate of drug-likeness (QED) is 0.300. The Hall–Kier alpha value is -5.65. The minimum absolute atomic E-state index is 0.0670. The summed E-state index contributed by atoms with van der Waals surface area (Å²) in [5.41, 5.74) is 0.487. The Morgan fingerprint density at radius 2 is 1.73 bits per heavy atom. The summed E-state index contributed by atoms with van der Waals surface area (Å²) in [6.07, 6.45) is 9.90. The number of carbonyl (C=O) groups excluding carboxylic acids is 5. The van der Waals surface area contributed by atoms with E-state index in [1.165, 1.54) is 21.9 Å². The normalized spacial score (nSPS) is 27.1. The molecule has 2 saturated carbocycles. The van der Waals surface area contributed by atoms with E-state index in [9.17, 15) is 32.4 Å². The molecule has 5 amide bonds. The van der Waals surface area contributed by atoms with E-state index < -0.39 is 69.6 Å². The third kappa shape index (κ3) is 10.2. The van der Waals surface area contributed by atoms with E-state index in [0.717, 1.165) is 68.3 Å². The van der Waals surface area contributed by atoms with Gasteiger partial charge in [-0.2, -0.15) is 0 Å². The number of nitrogens with zero attached hydrogens (tertiary/aromatic N) is 4. The minimum atomic E-state index is -4.41. The summed E-state index contributed by atoms with van der Waals surface area (Å²) < 4.78 is 41.4. The molecule has 4 heterocycles. The third-order valence-corrected chi connectivity index (χ3v) is 13.9. The zero-order valence-corrected chi connectivity index (χ0v) is 36.3. The fraction of sp³-hybridized carbons (Fsp3) is 0.545. The lowest BCUT2D eigenvalue weighted by atomic mass is 10.0. The predicted octanol–water partition coefficient (Wildman–Crippen LogP) is 4.32. The fourth-order valence-corrected chi connectivity index (χ4v) is 10.1. The Balaban J connectivity index is 1.13. The van der Waals surface area contributed by atoms with Crippen molar-refractivity contribution in [2.45, 2.75) is 112 Å². The number of fused-ring (bicyclic) bond motifs is 2. The number of benzene rings is 1. The largest absolute Gasteiger partial charge is 0.446 e. The summed E-state index contributed by atoms with van der Waals surface area (Å²) in [7, 11) is -0.622. The van der Waals surface area contributed by atoms with Crippen molar-refractivity contribution in [1.29, 1.82) is 0 Å². The summed E-state index contributed by atoms with van der Waals surface area (Å²) in [6.45, 7) is 4.69. The molecule has 3 fully saturated rings. The van der Waals surface area contributed by atoms with Gasteiger partial charge in [-0.1, -0.05) is 50.0 Å². The zero-order chi connectivity index (χ0) is 44.0. The molecule has 3 aliphatic heterocycles. The van der Waals surface area contributed by atoms with Crippen LogP contribution in [-0.2, 0) is 33.9 Å². The minimum Gasteiger partial charge on any atom is -0.446 e. The zero-order valence-electron chi connectivity index (χ0n) is 35.5. The summed E-state index contributed by atoms with van der Waals surface area (Å²) in [5, 5.41) is 8.77. The van der Waals surface area contributed by atoms with Gasteiger partial charge in [0.15, 0.2) is 0 Å². The lowest BCUT2D eigenvalue weighted by Crippen LogP contribution is -2.58.